The summed E-state index contributed by atoms with van der Waals surface area (Å²) in [4.78, 5) is 31.8. The van der Waals surface area contributed by atoms with Gasteiger partial charge >= 0.3 is 0 Å². The quantitative estimate of drug-likeness (QED) is 0.501. The third kappa shape index (κ3) is 6.42. The van der Waals surface area contributed by atoms with Gasteiger partial charge in [0.25, 0.3) is 5.91 Å². The average Bonchev–Trinajstić information content (AvgIpc) is 3.04. The molecular formula is C21H28BrN3O3S2. The van der Waals surface area contributed by atoms with E-state index in [0.29, 0.717) is 36.2 Å². The lowest BCUT2D eigenvalue weighted by atomic mass is 9.99. The van der Waals surface area contributed by atoms with E-state index in [1.54, 1.807) is 0 Å². The number of ether oxygens (including phenoxy) is 1. The molecule has 1 fully saturated rings. The molecule has 0 aliphatic carbocycles. The van der Waals surface area contributed by atoms with Gasteiger partial charge in [0.05, 0.1) is 28.3 Å². The molecule has 0 N–H and O–H groups in total. The minimum absolute atomic E-state index is 0.123. The molecule has 0 atom stereocenters. The molecule has 1 aromatic heterocycles. The van der Waals surface area contributed by atoms with E-state index in [1.165, 1.54) is 23.1 Å². The zero-order chi connectivity index (χ0) is 21.5. The molecule has 2 aromatic rings. The number of carbonyl (C=O) groups excluding carboxylic acids is 2. The van der Waals surface area contributed by atoms with Crippen molar-refractivity contribution >= 4 is 61.1 Å². The van der Waals surface area contributed by atoms with Gasteiger partial charge < -0.3 is 14.2 Å². The number of carbonyl (C=O) groups is 2. The Morgan fingerprint density at radius 3 is 2.80 bits per heavy atom. The van der Waals surface area contributed by atoms with Gasteiger partial charge in [0.1, 0.15) is 0 Å². The molecule has 30 heavy (non-hydrogen) atoms. The highest BCUT2D eigenvalue weighted by Crippen LogP contribution is 2.22. The SMILES string of the molecule is CCOCCn1c(=NC(=O)CSCC(=O)N2CCC(C)CC2)sc2cc(Br)ccc21. The van der Waals surface area contributed by atoms with Crippen LogP contribution in [-0.2, 0) is 20.9 Å². The number of hydrogen-bond donors (Lipinski definition) is 0. The maximum absolute atomic E-state index is 12.5. The second kappa shape index (κ2) is 11.5. The van der Waals surface area contributed by atoms with Crippen LogP contribution in [0.4, 0.5) is 0 Å². The Balaban J connectivity index is 1.64. The van der Waals surface area contributed by atoms with Crippen LogP contribution >= 0.6 is 39.0 Å². The smallest absolute Gasteiger partial charge is 0.258 e. The monoisotopic (exact) mass is 513 g/mol. The van der Waals surface area contributed by atoms with Crippen molar-refractivity contribution in [2.45, 2.75) is 33.2 Å². The second-order valence-electron chi connectivity index (χ2n) is 7.41. The molecule has 2 heterocycles. The fourth-order valence-corrected chi connectivity index (χ4v) is 5.69. The Morgan fingerprint density at radius 1 is 1.30 bits per heavy atom. The van der Waals surface area contributed by atoms with Crippen molar-refractivity contribution in [2.24, 2.45) is 10.9 Å². The van der Waals surface area contributed by atoms with Gasteiger partial charge in [-0.2, -0.15) is 4.99 Å². The van der Waals surface area contributed by atoms with E-state index in [2.05, 4.69) is 27.8 Å². The Kier molecular flexibility index (Phi) is 8.98. The summed E-state index contributed by atoms with van der Waals surface area (Å²) in [6, 6.07) is 6.05. The number of amides is 2. The van der Waals surface area contributed by atoms with Crippen LogP contribution in [0.1, 0.15) is 26.7 Å². The van der Waals surface area contributed by atoms with Gasteiger partial charge in [-0.3, -0.25) is 9.59 Å². The highest BCUT2D eigenvalue weighted by Gasteiger charge is 2.20. The molecule has 1 aromatic carbocycles. The molecule has 0 unspecified atom stereocenters. The molecule has 0 radical (unpaired) electrons. The minimum atomic E-state index is -0.212. The van der Waals surface area contributed by atoms with Gasteiger partial charge in [0, 0.05) is 30.7 Å². The zero-order valence-corrected chi connectivity index (χ0v) is 20.7. The molecule has 1 aliphatic rings. The lowest BCUT2D eigenvalue weighted by molar-refractivity contribution is -0.129. The van der Waals surface area contributed by atoms with Gasteiger partial charge in [0.2, 0.25) is 5.91 Å². The highest BCUT2D eigenvalue weighted by molar-refractivity contribution is 9.10. The Morgan fingerprint density at radius 2 is 2.07 bits per heavy atom. The van der Waals surface area contributed by atoms with E-state index in [1.807, 2.05) is 34.6 Å². The predicted octanol–water partition coefficient (Wildman–Crippen LogP) is 3.92. The van der Waals surface area contributed by atoms with Gasteiger partial charge in [0.15, 0.2) is 4.80 Å². The average molecular weight is 515 g/mol. The normalized spacial score (nSPS) is 15.8. The van der Waals surface area contributed by atoms with E-state index >= 15 is 0 Å². The molecule has 6 nitrogen and oxygen atoms in total. The maximum atomic E-state index is 12.5. The number of rotatable bonds is 8. The molecule has 2 amide bonds. The van der Waals surface area contributed by atoms with Crippen LogP contribution in [0.2, 0.25) is 0 Å². The van der Waals surface area contributed by atoms with E-state index < -0.39 is 0 Å². The first-order valence-electron chi connectivity index (χ1n) is 10.3. The van der Waals surface area contributed by atoms with Crippen molar-refractivity contribution in [3.05, 3.63) is 27.5 Å². The van der Waals surface area contributed by atoms with E-state index in [4.69, 9.17) is 4.74 Å². The topological polar surface area (TPSA) is 63.9 Å². The van der Waals surface area contributed by atoms with Crippen molar-refractivity contribution < 1.29 is 14.3 Å². The lowest BCUT2D eigenvalue weighted by Crippen LogP contribution is -2.39. The summed E-state index contributed by atoms with van der Waals surface area (Å²) in [7, 11) is 0. The van der Waals surface area contributed by atoms with Gasteiger partial charge in [-0.05, 0) is 43.9 Å². The molecule has 3 rings (SSSR count). The third-order valence-corrected chi connectivity index (χ3v) is 7.55. The van der Waals surface area contributed by atoms with Crippen LogP contribution in [0.5, 0.6) is 0 Å². The summed E-state index contributed by atoms with van der Waals surface area (Å²) in [6.45, 7) is 7.71. The van der Waals surface area contributed by atoms with Crippen molar-refractivity contribution in [3.8, 4) is 0 Å². The molecule has 9 heteroatoms. The first kappa shape index (κ1) is 23.5. The summed E-state index contributed by atoms with van der Waals surface area (Å²) in [5, 5.41) is 0. The van der Waals surface area contributed by atoms with E-state index in [-0.39, 0.29) is 17.6 Å². The summed E-state index contributed by atoms with van der Waals surface area (Å²) in [5.74, 6) is 1.14. The molecule has 0 bridgehead atoms. The number of likely N-dealkylation sites (tertiary alicyclic amines) is 1. The number of benzene rings is 1. The van der Waals surface area contributed by atoms with Crippen LogP contribution < -0.4 is 4.80 Å². The van der Waals surface area contributed by atoms with Crippen molar-refractivity contribution in [2.75, 3.05) is 37.8 Å². The number of nitrogens with zero attached hydrogens (tertiary/aromatic N) is 3. The lowest BCUT2D eigenvalue weighted by Gasteiger charge is -2.30. The number of aromatic nitrogens is 1. The van der Waals surface area contributed by atoms with Crippen molar-refractivity contribution in [3.63, 3.8) is 0 Å². The summed E-state index contributed by atoms with van der Waals surface area (Å²) in [5.41, 5.74) is 1.04. The maximum Gasteiger partial charge on any atom is 0.258 e. The number of hydrogen-bond acceptors (Lipinski definition) is 5. The van der Waals surface area contributed by atoms with Crippen LogP contribution in [0, 0.1) is 5.92 Å². The van der Waals surface area contributed by atoms with Crippen molar-refractivity contribution in [1.82, 2.24) is 9.47 Å². The Bertz CT molecular complexity index is 949. The molecule has 0 spiro atoms. The molecule has 1 aliphatic heterocycles. The van der Waals surface area contributed by atoms with Crippen LogP contribution in [0.25, 0.3) is 10.2 Å². The summed E-state index contributed by atoms with van der Waals surface area (Å²) in [6.07, 6.45) is 2.13. The van der Waals surface area contributed by atoms with Gasteiger partial charge in [-0.25, -0.2) is 0 Å². The third-order valence-electron chi connectivity index (χ3n) is 5.12. The first-order valence-corrected chi connectivity index (χ1v) is 13.0. The number of piperidine rings is 1. The molecular weight excluding hydrogens is 486 g/mol. The molecule has 164 valence electrons. The largest absolute Gasteiger partial charge is 0.380 e. The number of halogens is 1. The summed E-state index contributed by atoms with van der Waals surface area (Å²) < 4.78 is 9.59. The number of fused-ring (bicyclic) bond motifs is 1. The fourth-order valence-electron chi connectivity index (χ4n) is 3.36. The van der Waals surface area contributed by atoms with E-state index in [0.717, 1.165) is 40.6 Å². The number of thioether (sulfide) groups is 1. The second-order valence-corrected chi connectivity index (χ2v) is 10.3. The van der Waals surface area contributed by atoms with E-state index in [9.17, 15) is 9.59 Å². The standard InChI is InChI=1S/C21H28BrN3O3S2/c1-3-28-11-10-25-17-5-4-16(22)12-18(17)30-21(25)23-19(26)13-29-14-20(27)24-8-6-15(2)7-9-24/h4-5,12,15H,3,6-11,13-14H2,1-2H3. The van der Waals surface area contributed by atoms with Crippen LogP contribution in [0.15, 0.2) is 27.7 Å². The van der Waals surface area contributed by atoms with Gasteiger partial charge in [-0.15, -0.1) is 11.8 Å². The van der Waals surface area contributed by atoms with Crippen LogP contribution in [-0.4, -0.2) is 59.1 Å². The number of thiazole rings is 1. The zero-order valence-electron chi connectivity index (χ0n) is 17.4. The highest BCUT2D eigenvalue weighted by atomic mass is 79.9. The molecule has 1 saturated heterocycles. The summed E-state index contributed by atoms with van der Waals surface area (Å²) >= 11 is 6.34. The molecule has 0 saturated carbocycles. The van der Waals surface area contributed by atoms with Crippen molar-refractivity contribution in [1.29, 1.82) is 0 Å². The first-order chi connectivity index (χ1) is 14.5. The van der Waals surface area contributed by atoms with Crippen LogP contribution in [0.3, 0.4) is 0 Å². The minimum Gasteiger partial charge on any atom is -0.380 e. The fraction of sp³-hybridized carbons (Fsp3) is 0.571. The van der Waals surface area contributed by atoms with Gasteiger partial charge in [-0.1, -0.05) is 34.2 Å². The Labute approximate surface area is 193 Å². The predicted molar refractivity (Wildman–Crippen MR) is 127 cm³/mol. The Hall–Kier alpha value is -1.16.